The molecule has 0 saturated carbocycles. The van der Waals surface area contributed by atoms with Crippen LogP contribution in [-0.4, -0.2) is 39.8 Å². The van der Waals surface area contributed by atoms with Gasteiger partial charge in [0.2, 0.25) is 5.91 Å². The number of carbonyl (C=O) groups is 1. The summed E-state index contributed by atoms with van der Waals surface area (Å²) >= 11 is 5.77. The van der Waals surface area contributed by atoms with Crippen molar-refractivity contribution in [1.82, 2.24) is 33.9 Å². The number of aromatic nitrogens is 7. The quantitative estimate of drug-likeness (QED) is 0.107. The van der Waals surface area contributed by atoms with Crippen molar-refractivity contribution in [2.75, 3.05) is 5.32 Å². The lowest BCUT2D eigenvalue weighted by molar-refractivity contribution is -0.116. The maximum atomic E-state index is 12.3. The number of unbranched alkanes of at least 4 members (excludes halogenated alkanes) is 3. The zero-order chi connectivity index (χ0) is 45.5. The van der Waals surface area contributed by atoms with Gasteiger partial charge in [-0.15, -0.1) is 0 Å². The molecule has 1 amide bonds. The van der Waals surface area contributed by atoms with E-state index in [4.69, 9.17) is 11.6 Å². The Morgan fingerprint density at radius 1 is 0.615 bits per heavy atom. The van der Waals surface area contributed by atoms with Crippen molar-refractivity contribution in [2.45, 2.75) is 58.0 Å². The van der Waals surface area contributed by atoms with E-state index >= 15 is 0 Å². The molecule has 0 aliphatic carbocycles. The maximum Gasteiger partial charge on any atom is 0.328 e. The lowest BCUT2D eigenvalue weighted by Gasteiger charge is -2.04. The minimum Gasteiger partial charge on any atom is -0.326 e. The second kappa shape index (κ2) is 25.2. The highest BCUT2D eigenvalue weighted by Crippen LogP contribution is 2.14. The van der Waals surface area contributed by atoms with Crippen molar-refractivity contribution in [3.05, 3.63) is 195 Å². The van der Waals surface area contributed by atoms with Crippen LogP contribution in [0.3, 0.4) is 0 Å². The lowest BCUT2D eigenvalue weighted by Crippen LogP contribution is -2.22. The molecule has 0 radical (unpaired) electrons. The first-order valence-corrected chi connectivity index (χ1v) is 21.6. The number of fused-ring (bicyclic) bond motifs is 2. The van der Waals surface area contributed by atoms with Crippen LogP contribution in [0.25, 0.3) is 21.8 Å². The fraction of sp³-hybridized carbons (Fsp3) is 0.189. The number of amides is 1. The maximum absolute atomic E-state index is 12.3. The van der Waals surface area contributed by atoms with Gasteiger partial charge in [0, 0.05) is 80.5 Å². The summed E-state index contributed by atoms with van der Waals surface area (Å²) in [6, 6.07) is 39.3. The lowest BCUT2D eigenvalue weighted by atomic mass is 10.2. The number of hydrogen-bond acceptors (Lipinski definition) is 7. The summed E-state index contributed by atoms with van der Waals surface area (Å²) in [4.78, 5) is 48.6. The fourth-order valence-corrected chi connectivity index (χ4v) is 6.49. The molecule has 0 aliphatic rings. The Morgan fingerprint density at radius 2 is 1.17 bits per heavy atom. The Hall–Kier alpha value is -8.04. The summed E-state index contributed by atoms with van der Waals surface area (Å²) in [5.74, 6) is 18.1. The third-order valence-corrected chi connectivity index (χ3v) is 9.92. The Kier molecular flexibility index (Phi) is 18.0. The molecule has 5 aromatic heterocycles. The molecule has 3 aromatic carbocycles. The Morgan fingerprint density at radius 3 is 1.78 bits per heavy atom. The van der Waals surface area contributed by atoms with Crippen LogP contribution in [0.5, 0.6) is 0 Å². The van der Waals surface area contributed by atoms with E-state index in [9.17, 15) is 14.4 Å². The van der Waals surface area contributed by atoms with E-state index in [-0.39, 0.29) is 17.2 Å². The van der Waals surface area contributed by atoms with Gasteiger partial charge in [0.25, 0.3) is 5.56 Å². The molecular weight excluding hydrogens is 832 g/mol. The number of carbonyl (C=O) groups excluding carboxylic acids is 1. The van der Waals surface area contributed by atoms with Gasteiger partial charge in [-0.3, -0.25) is 18.7 Å². The molecule has 0 bridgehead atoms. The molecule has 0 saturated heterocycles. The van der Waals surface area contributed by atoms with Gasteiger partial charge in [-0.2, -0.15) is 5.10 Å². The van der Waals surface area contributed by atoms with Crippen molar-refractivity contribution in [1.29, 1.82) is 0 Å². The van der Waals surface area contributed by atoms with E-state index in [0.717, 1.165) is 71.0 Å². The average Bonchev–Trinajstić information content (AvgIpc) is 3.59. The smallest absolute Gasteiger partial charge is 0.326 e. The number of imidazole rings is 1. The molecule has 11 nitrogen and oxygen atoms in total. The molecule has 0 aliphatic heterocycles. The van der Waals surface area contributed by atoms with Crippen LogP contribution < -0.4 is 16.6 Å². The molecule has 5 heterocycles. The highest BCUT2D eigenvalue weighted by Gasteiger charge is 2.09. The Bertz CT molecular complexity index is 3100. The highest BCUT2D eigenvalue weighted by atomic mass is 35.5. The van der Waals surface area contributed by atoms with Crippen LogP contribution in [0.2, 0.25) is 5.02 Å². The van der Waals surface area contributed by atoms with Crippen LogP contribution in [0.1, 0.15) is 62.0 Å². The number of aryl methyl sites for hydroxylation is 3. The van der Waals surface area contributed by atoms with Crippen molar-refractivity contribution < 1.29 is 4.79 Å². The van der Waals surface area contributed by atoms with Gasteiger partial charge < -0.3 is 5.32 Å². The molecule has 0 fully saturated rings. The van der Waals surface area contributed by atoms with Gasteiger partial charge in [-0.25, -0.2) is 24.4 Å². The predicted molar refractivity (Wildman–Crippen MR) is 259 cm³/mol. The normalized spacial score (nSPS) is 10.1. The molecule has 1 N–H and O–H groups in total. The third kappa shape index (κ3) is 14.8. The van der Waals surface area contributed by atoms with Crippen LogP contribution >= 0.6 is 11.6 Å². The summed E-state index contributed by atoms with van der Waals surface area (Å²) in [5, 5.41) is 9.26. The second-order valence-corrected chi connectivity index (χ2v) is 14.8. The topological polar surface area (TPSA) is 130 Å². The molecule has 8 aromatic rings. The SMILES string of the molecule is Cn1c(=O)n(CCCC#Cc2ccccn2)c2ccccc21.O=C(CCC#Cc1ccccn1)Nc1ccc(Cl)cc1.O=c1c2ccccc2cnn1CCCCC#Cc1ccccn1. The molecule has 12 heteroatoms. The van der Waals surface area contributed by atoms with E-state index in [0.29, 0.717) is 36.6 Å². The molecule has 0 atom stereocenters. The van der Waals surface area contributed by atoms with E-state index in [1.54, 1.807) is 53.6 Å². The summed E-state index contributed by atoms with van der Waals surface area (Å²) in [5.41, 5.74) is 4.97. The van der Waals surface area contributed by atoms with Crippen LogP contribution in [0.4, 0.5) is 5.69 Å². The number of hydrogen-bond donors (Lipinski definition) is 1. The highest BCUT2D eigenvalue weighted by molar-refractivity contribution is 6.30. The third-order valence-electron chi connectivity index (χ3n) is 9.67. The number of halogens is 1. The number of nitrogens with zero attached hydrogens (tertiary/aromatic N) is 7. The number of benzene rings is 3. The van der Waals surface area contributed by atoms with Crippen molar-refractivity contribution in [3.63, 3.8) is 0 Å². The summed E-state index contributed by atoms with van der Waals surface area (Å²) in [6.45, 7) is 1.30. The number of nitrogens with one attached hydrogen (secondary N) is 1. The predicted octanol–water partition coefficient (Wildman–Crippen LogP) is 9.09. The fourth-order valence-electron chi connectivity index (χ4n) is 6.37. The minimum absolute atomic E-state index is 0.0253. The zero-order valence-electron chi connectivity index (χ0n) is 36.0. The molecular formula is C53H47ClN8O3. The van der Waals surface area contributed by atoms with Crippen molar-refractivity contribution in [2.24, 2.45) is 7.05 Å². The van der Waals surface area contributed by atoms with Crippen LogP contribution in [-0.2, 0) is 24.9 Å². The van der Waals surface area contributed by atoms with E-state index < -0.39 is 0 Å². The number of rotatable bonds is 10. The molecule has 324 valence electrons. The summed E-state index contributed by atoms with van der Waals surface area (Å²) in [6.07, 6.45) is 11.9. The number of anilines is 1. The monoisotopic (exact) mass is 878 g/mol. The average molecular weight is 879 g/mol. The minimum atomic E-state index is -0.0670. The van der Waals surface area contributed by atoms with E-state index in [2.05, 4.69) is 60.9 Å². The standard InChI is InChI=1S/C19H17N3O.C18H17N3O.C16H13ClN2O/c23-19-18-12-5-4-9-16(18)15-21-22(19)14-8-2-1-3-10-17-11-6-7-13-20-17;1-20-16-11-4-5-12-17(16)21(18(20)22)14-8-2-3-9-15-10-6-7-13-19-15;17-13-8-10-15(11-9-13)19-16(20)7-2-1-5-14-6-3-4-12-18-14/h4-7,9,11-13,15H,1-2,8,14H2;4-7,10-13H,2,8,14H2,1H3;3-4,6,8-12H,2,7H2,(H,19,20). The first-order valence-electron chi connectivity index (χ1n) is 21.2. The van der Waals surface area contributed by atoms with Gasteiger partial charge in [0.05, 0.1) is 22.6 Å². The van der Waals surface area contributed by atoms with E-state index in [1.165, 1.54) is 4.68 Å². The molecule has 0 unspecified atom stereocenters. The molecule has 8 rings (SSSR count). The molecule has 0 spiro atoms. The van der Waals surface area contributed by atoms with Gasteiger partial charge >= 0.3 is 5.69 Å². The van der Waals surface area contributed by atoms with Crippen LogP contribution in [0.15, 0.2) is 162 Å². The largest absolute Gasteiger partial charge is 0.328 e. The summed E-state index contributed by atoms with van der Waals surface area (Å²) < 4.78 is 5.04. The first kappa shape index (κ1) is 46.5. The second-order valence-electron chi connectivity index (χ2n) is 14.4. The number of para-hydroxylation sites is 2. The Labute approximate surface area is 383 Å². The van der Waals surface area contributed by atoms with Gasteiger partial charge in [-0.1, -0.05) is 77.9 Å². The van der Waals surface area contributed by atoms with Gasteiger partial charge in [0.1, 0.15) is 17.1 Å². The van der Waals surface area contributed by atoms with Gasteiger partial charge in [-0.05, 0) is 116 Å². The zero-order valence-corrected chi connectivity index (χ0v) is 36.8. The van der Waals surface area contributed by atoms with Crippen molar-refractivity contribution >= 4 is 45.0 Å². The first-order chi connectivity index (χ1) is 31.9. The van der Waals surface area contributed by atoms with Gasteiger partial charge in [0.15, 0.2) is 0 Å². The van der Waals surface area contributed by atoms with Crippen LogP contribution in [0, 0.1) is 35.5 Å². The summed E-state index contributed by atoms with van der Waals surface area (Å²) in [7, 11) is 1.81. The Balaban J connectivity index is 0.000000162. The molecule has 65 heavy (non-hydrogen) atoms. The number of pyridine rings is 3. The van der Waals surface area contributed by atoms with Crippen molar-refractivity contribution in [3.8, 4) is 35.5 Å². The van der Waals surface area contributed by atoms with E-state index in [1.807, 2.05) is 115 Å².